The Hall–Kier alpha value is -2.18. The zero-order valence-corrected chi connectivity index (χ0v) is 13.2. The van der Waals surface area contributed by atoms with Crippen molar-refractivity contribution in [3.63, 3.8) is 0 Å². The monoisotopic (exact) mass is 312 g/mol. The number of amides is 1. The van der Waals surface area contributed by atoms with E-state index in [9.17, 15) is 4.79 Å². The van der Waals surface area contributed by atoms with E-state index in [4.69, 9.17) is 4.84 Å². The Morgan fingerprint density at radius 3 is 2.70 bits per heavy atom. The number of likely N-dealkylation sites (tertiary alicyclic amines) is 1. The van der Waals surface area contributed by atoms with Gasteiger partial charge >= 0.3 is 0 Å². The first-order valence-corrected chi connectivity index (χ1v) is 7.85. The second kappa shape index (κ2) is 5.47. The van der Waals surface area contributed by atoms with E-state index in [1.54, 1.807) is 0 Å². The minimum absolute atomic E-state index is 0.0778. The summed E-state index contributed by atoms with van der Waals surface area (Å²) >= 11 is 0. The van der Waals surface area contributed by atoms with Crippen molar-refractivity contribution in [1.82, 2.24) is 19.5 Å². The van der Waals surface area contributed by atoms with Crippen molar-refractivity contribution in [2.45, 2.75) is 25.1 Å². The molecule has 2 saturated heterocycles. The summed E-state index contributed by atoms with van der Waals surface area (Å²) in [4.78, 5) is 24.7. The molecule has 0 saturated carbocycles. The van der Waals surface area contributed by atoms with Crippen molar-refractivity contribution in [1.29, 1.82) is 0 Å². The second-order valence-corrected chi connectivity index (χ2v) is 6.51. The molecule has 3 heterocycles. The molecule has 2 aliphatic heterocycles. The van der Waals surface area contributed by atoms with Gasteiger partial charge in [0, 0.05) is 32.9 Å². The maximum atomic E-state index is 12.2. The highest BCUT2D eigenvalue weighted by atomic mass is 16.7. The number of hydrogen-bond acceptors (Lipinski definition) is 4. The molecule has 0 atom stereocenters. The molecule has 0 bridgehead atoms. The van der Waals surface area contributed by atoms with Gasteiger partial charge in [-0.2, -0.15) is 0 Å². The predicted molar refractivity (Wildman–Crippen MR) is 83.9 cm³/mol. The molecule has 4 rings (SSSR count). The SMILES string of the molecule is Cn1cncc1CN1CC2(CC(=O)N(Cc3ccccc3)O2)C1. The summed E-state index contributed by atoms with van der Waals surface area (Å²) in [6, 6.07) is 9.95. The van der Waals surface area contributed by atoms with Gasteiger partial charge in [-0.15, -0.1) is 0 Å². The highest BCUT2D eigenvalue weighted by molar-refractivity contribution is 5.78. The van der Waals surface area contributed by atoms with Gasteiger partial charge in [-0.25, -0.2) is 10.0 Å². The zero-order valence-electron chi connectivity index (χ0n) is 13.2. The number of imidazole rings is 1. The van der Waals surface area contributed by atoms with Crippen molar-refractivity contribution in [3.8, 4) is 0 Å². The number of aromatic nitrogens is 2. The van der Waals surface area contributed by atoms with Crippen molar-refractivity contribution < 1.29 is 9.63 Å². The molecular weight excluding hydrogens is 292 g/mol. The molecule has 0 aliphatic carbocycles. The summed E-state index contributed by atoms with van der Waals surface area (Å²) in [7, 11) is 2.00. The fourth-order valence-electron chi connectivity index (χ4n) is 3.37. The molecule has 1 spiro atoms. The fourth-order valence-corrected chi connectivity index (χ4v) is 3.37. The van der Waals surface area contributed by atoms with Crippen LogP contribution >= 0.6 is 0 Å². The molecule has 2 aromatic rings. The summed E-state index contributed by atoms with van der Waals surface area (Å²) in [5, 5.41) is 1.52. The average Bonchev–Trinajstić information content (AvgIpc) is 3.05. The molecule has 23 heavy (non-hydrogen) atoms. The van der Waals surface area contributed by atoms with E-state index in [0.29, 0.717) is 13.0 Å². The van der Waals surface area contributed by atoms with Crippen LogP contribution in [-0.2, 0) is 29.8 Å². The van der Waals surface area contributed by atoms with E-state index in [1.807, 2.05) is 54.5 Å². The van der Waals surface area contributed by atoms with Crippen LogP contribution in [0.1, 0.15) is 17.7 Å². The maximum Gasteiger partial charge on any atom is 0.249 e. The van der Waals surface area contributed by atoms with Gasteiger partial charge in [-0.3, -0.25) is 14.5 Å². The summed E-state index contributed by atoms with van der Waals surface area (Å²) < 4.78 is 2.02. The van der Waals surface area contributed by atoms with Gasteiger partial charge in [-0.1, -0.05) is 30.3 Å². The Morgan fingerprint density at radius 2 is 2.00 bits per heavy atom. The third-order valence-electron chi connectivity index (χ3n) is 4.55. The van der Waals surface area contributed by atoms with Crippen LogP contribution in [0.2, 0.25) is 0 Å². The number of carbonyl (C=O) groups excluding carboxylic acids is 1. The van der Waals surface area contributed by atoms with Gasteiger partial charge < -0.3 is 4.57 Å². The molecule has 0 radical (unpaired) electrons. The highest BCUT2D eigenvalue weighted by Gasteiger charge is 2.53. The largest absolute Gasteiger partial charge is 0.337 e. The second-order valence-electron chi connectivity index (χ2n) is 6.51. The van der Waals surface area contributed by atoms with Gasteiger partial charge in [-0.05, 0) is 5.56 Å². The van der Waals surface area contributed by atoms with Crippen molar-refractivity contribution >= 4 is 5.91 Å². The molecule has 0 unspecified atom stereocenters. The quantitative estimate of drug-likeness (QED) is 0.855. The lowest BCUT2D eigenvalue weighted by atomic mass is 9.91. The number of hydrogen-bond donors (Lipinski definition) is 0. The molecule has 1 aromatic carbocycles. The summed E-state index contributed by atoms with van der Waals surface area (Å²) in [6.45, 7) is 2.93. The van der Waals surface area contributed by atoms with E-state index in [-0.39, 0.29) is 11.5 Å². The van der Waals surface area contributed by atoms with E-state index in [1.165, 1.54) is 10.8 Å². The predicted octanol–water partition coefficient (Wildman–Crippen LogP) is 1.34. The lowest BCUT2D eigenvalue weighted by Crippen LogP contribution is -2.61. The molecule has 1 aromatic heterocycles. The average molecular weight is 312 g/mol. The number of aryl methyl sites for hydroxylation is 1. The Morgan fingerprint density at radius 1 is 1.22 bits per heavy atom. The number of nitrogens with zero attached hydrogens (tertiary/aromatic N) is 4. The van der Waals surface area contributed by atoms with Crippen LogP contribution < -0.4 is 0 Å². The summed E-state index contributed by atoms with van der Waals surface area (Å²) in [5.41, 5.74) is 1.93. The number of benzene rings is 1. The van der Waals surface area contributed by atoms with Gasteiger partial charge in [0.25, 0.3) is 0 Å². The Kier molecular flexibility index (Phi) is 3.43. The summed E-state index contributed by atoms with van der Waals surface area (Å²) in [5.74, 6) is 0.0778. The molecule has 120 valence electrons. The van der Waals surface area contributed by atoms with Crippen molar-refractivity contribution in [2.75, 3.05) is 13.1 Å². The first-order chi connectivity index (χ1) is 11.1. The number of hydroxylamine groups is 2. The van der Waals surface area contributed by atoms with Crippen LogP contribution in [0.25, 0.3) is 0 Å². The van der Waals surface area contributed by atoms with E-state index < -0.39 is 0 Å². The molecule has 1 amide bonds. The Balaban J connectivity index is 1.35. The molecule has 2 fully saturated rings. The third-order valence-corrected chi connectivity index (χ3v) is 4.55. The van der Waals surface area contributed by atoms with Gasteiger partial charge in [0.15, 0.2) is 0 Å². The number of rotatable bonds is 4. The van der Waals surface area contributed by atoms with E-state index in [2.05, 4.69) is 9.88 Å². The molecular formula is C17H20N4O2. The molecule has 0 N–H and O–H groups in total. The zero-order chi connectivity index (χ0) is 15.9. The smallest absolute Gasteiger partial charge is 0.249 e. The van der Waals surface area contributed by atoms with Crippen LogP contribution in [0, 0.1) is 0 Å². The lowest BCUT2D eigenvalue weighted by Gasteiger charge is -2.45. The maximum absolute atomic E-state index is 12.2. The highest BCUT2D eigenvalue weighted by Crippen LogP contribution is 2.37. The van der Waals surface area contributed by atoms with Gasteiger partial charge in [0.05, 0.1) is 25.0 Å². The fraction of sp³-hybridized carbons (Fsp3) is 0.412. The lowest BCUT2D eigenvalue weighted by molar-refractivity contribution is -0.241. The van der Waals surface area contributed by atoms with Gasteiger partial charge in [0.1, 0.15) is 5.60 Å². The Bertz CT molecular complexity index is 706. The van der Waals surface area contributed by atoms with Crippen LogP contribution in [0.4, 0.5) is 0 Å². The minimum atomic E-state index is -0.329. The summed E-state index contributed by atoms with van der Waals surface area (Å²) in [6.07, 6.45) is 4.16. The van der Waals surface area contributed by atoms with Gasteiger partial charge in [0.2, 0.25) is 5.91 Å². The third kappa shape index (κ3) is 2.75. The van der Waals surface area contributed by atoms with E-state index >= 15 is 0 Å². The molecule has 6 nitrogen and oxygen atoms in total. The first-order valence-electron chi connectivity index (χ1n) is 7.85. The van der Waals surface area contributed by atoms with Crippen LogP contribution in [-0.4, -0.2) is 44.1 Å². The normalized spacial score (nSPS) is 20.2. The standard InChI is InChI=1S/C17H20N4O2/c1-19-13-18-8-15(19)10-20-11-17(12-20)7-16(22)21(23-17)9-14-5-3-2-4-6-14/h2-6,8,13H,7,9-12H2,1H3. The van der Waals surface area contributed by atoms with Crippen LogP contribution in [0.5, 0.6) is 0 Å². The van der Waals surface area contributed by atoms with Crippen molar-refractivity contribution in [2.24, 2.45) is 7.05 Å². The van der Waals surface area contributed by atoms with E-state index in [0.717, 1.165) is 25.2 Å². The van der Waals surface area contributed by atoms with Crippen LogP contribution in [0.15, 0.2) is 42.9 Å². The molecule has 2 aliphatic rings. The Labute approximate surface area is 135 Å². The number of carbonyl (C=O) groups is 1. The minimum Gasteiger partial charge on any atom is -0.337 e. The first kappa shape index (κ1) is 14.4. The molecule has 6 heteroatoms. The van der Waals surface area contributed by atoms with Crippen molar-refractivity contribution in [3.05, 3.63) is 54.1 Å². The topological polar surface area (TPSA) is 50.6 Å². The van der Waals surface area contributed by atoms with Crippen LogP contribution in [0.3, 0.4) is 0 Å².